The highest BCUT2D eigenvalue weighted by atomic mass is 16.1. The SMILES string of the molecule is CCC1CCCC1Nc1ccc(C(N)=O)cc1C. The Morgan fingerprint density at radius 1 is 1.44 bits per heavy atom. The third kappa shape index (κ3) is 2.66. The minimum atomic E-state index is -0.364. The van der Waals surface area contributed by atoms with E-state index in [1.54, 1.807) is 6.07 Å². The predicted octanol–water partition coefficient (Wildman–Crippen LogP) is 3.08. The molecule has 0 aliphatic heterocycles. The highest BCUT2D eigenvalue weighted by Crippen LogP contribution is 2.31. The number of rotatable bonds is 4. The van der Waals surface area contributed by atoms with Crippen LogP contribution < -0.4 is 11.1 Å². The molecule has 0 aromatic heterocycles. The highest BCUT2D eigenvalue weighted by Gasteiger charge is 2.25. The molecule has 1 aliphatic rings. The first kappa shape index (κ1) is 12.9. The summed E-state index contributed by atoms with van der Waals surface area (Å²) in [6.07, 6.45) is 5.12. The Labute approximate surface area is 109 Å². The lowest BCUT2D eigenvalue weighted by Crippen LogP contribution is -2.24. The van der Waals surface area contributed by atoms with Crippen molar-refractivity contribution in [2.24, 2.45) is 11.7 Å². The van der Waals surface area contributed by atoms with Crippen LogP contribution in [0, 0.1) is 12.8 Å². The number of amides is 1. The summed E-state index contributed by atoms with van der Waals surface area (Å²) in [6.45, 7) is 4.28. The number of carbonyl (C=O) groups excluding carboxylic acids is 1. The molecule has 2 unspecified atom stereocenters. The Hall–Kier alpha value is -1.51. The van der Waals surface area contributed by atoms with Crippen LogP contribution in [0.2, 0.25) is 0 Å². The largest absolute Gasteiger partial charge is 0.382 e. The second-order valence-corrected chi connectivity index (χ2v) is 5.24. The number of benzene rings is 1. The summed E-state index contributed by atoms with van der Waals surface area (Å²) in [4.78, 5) is 11.1. The van der Waals surface area contributed by atoms with Gasteiger partial charge in [-0.25, -0.2) is 0 Å². The van der Waals surface area contributed by atoms with E-state index in [-0.39, 0.29) is 5.91 Å². The number of nitrogens with two attached hydrogens (primary N) is 1. The third-order valence-corrected chi connectivity index (χ3v) is 4.04. The molecular formula is C15H22N2O. The smallest absolute Gasteiger partial charge is 0.248 e. The van der Waals surface area contributed by atoms with Crippen molar-refractivity contribution in [3.05, 3.63) is 29.3 Å². The molecule has 3 N–H and O–H groups in total. The summed E-state index contributed by atoms with van der Waals surface area (Å²) in [5.74, 6) is 0.414. The van der Waals surface area contributed by atoms with Gasteiger partial charge in [0.2, 0.25) is 5.91 Å². The van der Waals surface area contributed by atoms with Gasteiger partial charge in [0.25, 0.3) is 0 Å². The van der Waals surface area contributed by atoms with E-state index in [9.17, 15) is 4.79 Å². The van der Waals surface area contributed by atoms with Crippen molar-refractivity contribution in [1.29, 1.82) is 0 Å². The van der Waals surface area contributed by atoms with Crippen LogP contribution in [0.5, 0.6) is 0 Å². The van der Waals surface area contributed by atoms with E-state index >= 15 is 0 Å². The molecule has 0 radical (unpaired) electrons. The summed E-state index contributed by atoms with van der Waals surface area (Å²) >= 11 is 0. The first-order valence-corrected chi connectivity index (χ1v) is 6.78. The molecule has 3 heteroatoms. The van der Waals surface area contributed by atoms with Gasteiger partial charge in [0.15, 0.2) is 0 Å². The Morgan fingerprint density at radius 3 is 2.83 bits per heavy atom. The van der Waals surface area contributed by atoms with Crippen molar-refractivity contribution in [2.45, 2.75) is 45.6 Å². The van der Waals surface area contributed by atoms with Gasteiger partial charge in [-0.3, -0.25) is 4.79 Å². The molecule has 18 heavy (non-hydrogen) atoms. The Morgan fingerprint density at radius 2 is 2.22 bits per heavy atom. The lowest BCUT2D eigenvalue weighted by molar-refractivity contribution is 0.1000. The zero-order chi connectivity index (χ0) is 13.1. The van der Waals surface area contributed by atoms with Gasteiger partial charge in [-0.15, -0.1) is 0 Å². The molecule has 1 aromatic carbocycles. The molecule has 0 bridgehead atoms. The molecular weight excluding hydrogens is 224 g/mol. The highest BCUT2D eigenvalue weighted by molar-refractivity contribution is 5.93. The molecule has 1 saturated carbocycles. The quantitative estimate of drug-likeness (QED) is 0.857. The van der Waals surface area contributed by atoms with Gasteiger partial charge >= 0.3 is 0 Å². The molecule has 1 aliphatic carbocycles. The fourth-order valence-electron chi connectivity index (χ4n) is 2.89. The second-order valence-electron chi connectivity index (χ2n) is 5.24. The minimum absolute atomic E-state index is 0.364. The van der Waals surface area contributed by atoms with Crippen molar-refractivity contribution >= 4 is 11.6 Å². The molecule has 3 nitrogen and oxygen atoms in total. The van der Waals surface area contributed by atoms with Gasteiger partial charge < -0.3 is 11.1 Å². The maximum Gasteiger partial charge on any atom is 0.248 e. The molecule has 2 rings (SSSR count). The summed E-state index contributed by atoms with van der Waals surface area (Å²) in [5.41, 5.74) is 8.08. The fourth-order valence-corrected chi connectivity index (χ4v) is 2.89. The lowest BCUT2D eigenvalue weighted by atomic mass is 9.99. The van der Waals surface area contributed by atoms with E-state index in [1.807, 2.05) is 19.1 Å². The third-order valence-electron chi connectivity index (χ3n) is 4.04. The van der Waals surface area contributed by atoms with Crippen molar-refractivity contribution in [2.75, 3.05) is 5.32 Å². The number of hydrogen-bond acceptors (Lipinski definition) is 2. The summed E-state index contributed by atoms with van der Waals surface area (Å²) in [7, 11) is 0. The Balaban J connectivity index is 2.12. The summed E-state index contributed by atoms with van der Waals surface area (Å²) < 4.78 is 0. The number of carbonyl (C=O) groups is 1. The zero-order valence-corrected chi connectivity index (χ0v) is 11.2. The zero-order valence-electron chi connectivity index (χ0n) is 11.2. The first-order valence-electron chi connectivity index (χ1n) is 6.78. The number of anilines is 1. The van der Waals surface area contributed by atoms with Crippen LogP contribution in [0.15, 0.2) is 18.2 Å². The van der Waals surface area contributed by atoms with E-state index in [1.165, 1.54) is 25.7 Å². The van der Waals surface area contributed by atoms with E-state index in [4.69, 9.17) is 5.73 Å². The summed E-state index contributed by atoms with van der Waals surface area (Å²) in [5, 5.41) is 3.62. The first-order chi connectivity index (χ1) is 8.61. The van der Waals surface area contributed by atoms with Crippen molar-refractivity contribution in [3.63, 3.8) is 0 Å². The van der Waals surface area contributed by atoms with Crippen LogP contribution in [0.3, 0.4) is 0 Å². The average molecular weight is 246 g/mol. The van der Waals surface area contributed by atoms with E-state index in [2.05, 4.69) is 12.2 Å². The monoisotopic (exact) mass is 246 g/mol. The average Bonchev–Trinajstić information content (AvgIpc) is 2.78. The van der Waals surface area contributed by atoms with Gasteiger partial charge in [0.1, 0.15) is 0 Å². The van der Waals surface area contributed by atoms with Crippen LogP contribution >= 0.6 is 0 Å². The van der Waals surface area contributed by atoms with Crippen molar-refractivity contribution in [3.8, 4) is 0 Å². The molecule has 1 amide bonds. The topological polar surface area (TPSA) is 55.1 Å². The maximum atomic E-state index is 11.1. The van der Waals surface area contributed by atoms with Gasteiger partial charge in [-0.1, -0.05) is 19.8 Å². The van der Waals surface area contributed by atoms with Crippen LogP contribution in [-0.2, 0) is 0 Å². The van der Waals surface area contributed by atoms with Gasteiger partial charge in [-0.05, 0) is 49.4 Å². The van der Waals surface area contributed by atoms with Crippen LogP contribution in [-0.4, -0.2) is 11.9 Å². The van der Waals surface area contributed by atoms with Crippen LogP contribution in [0.1, 0.15) is 48.5 Å². The Kier molecular flexibility index (Phi) is 3.90. The number of primary amides is 1. The molecule has 1 fully saturated rings. The van der Waals surface area contributed by atoms with Crippen LogP contribution in [0.25, 0.3) is 0 Å². The van der Waals surface area contributed by atoms with E-state index in [0.29, 0.717) is 11.6 Å². The number of hydrogen-bond donors (Lipinski definition) is 2. The Bertz CT molecular complexity index is 442. The lowest BCUT2D eigenvalue weighted by Gasteiger charge is -2.22. The normalized spacial score (nSPS) is 23.0. The molecule has 0 saturated heterocycles. The number of aryl methyl sites for hydroxylation is 1. The van der Waals surface area contributed by atoms with Gasteiger partial charge in [-0.2, -0.15) is 0 Å². The van der Waals surface area contributed by atoms with Crippen LogP contribution in [0.4, 0.5) is 5.69 Å². The molecule has 1 aromatic rings. The van der Waals surface area contributed by atoms with Gasteiger partial charge in [0.05, 0.1) is 0 Å². The number of nitrogens with one attached hydrogen (secondary N) is 1. The minimum Gasteiger partial charge on any atom is -0.382 e. The standard InChI is InChI=1S/C15H22N2O/c1-3-11-5-4-6-14(11)17-13-8-7-12(15(16)18)9-10(13)2/h7-9,11,14,17H,3-6H2,1-2H3,(H2,16,18). The van der Waals surface area contributed by atoms with E-state index in [0.717, 1.165) is 17.2 Å². The molecule has 0 spiro atoms. The summed E-state index contributed by atoms with van der Waals surface area (Å²) in [6, 6.07) is 6.21. The van der Waals surface area contributed by atoms with E-state index < -0.39 is 0 Å². The van der Waals surface area contributed by atoms with Crippen molar-refractivity contribution < 1.29 is 4.79 Å². The second kappa shape index (κ2) is 5.42. The predicted molar refractivity (Wildman–Crippen MR) is 74.7 cm³/mol. The van der Waals surface area contributed by atoms with Crippen molar-refractivity contribution in [1.82, 2.24) is 0 Å². The van der Waals surface area contributed by atoms with Gasteiger partial charge in [0, 0.05) is 17.3 Å². The maximum absolute atomic E-state index is 11.1. The molecule has 0 heterocycles. The fraction of sp³-hybridized carbons (Fsp3) is 0.533. The molecule has 98 valence electrons. The molecule has 2 atom stereocenters.